The summed E-state index contributed by atoms with van der Waals surface area (Å²) in [5.74, 6) is -0.0760. The molecule has 34 heavy (non-hydrogen) atoms. The largest absolute Gasteiger partial charge is 0.368 e. The van der Waals surface area contributed by atoms with Crippen molar-refractivity contribution in [2.75, 3.05) is 37.6 Å². The summed E-state index contributed by atoms with van der Waals surface area (Å²) in [5, 5.41) is 0. The number of imide groups is 1. The zero-order valence-corrected chi connectivity index (χ0v) is 19.3. The van der Waals surface area contributed by atoms with Crippen molar-refractivity contribution >= 4 is 23.4 Å². The molecule has 178 valence electrons. The van der Waals surface area contributed by atoms with Crippen LogP contribution in [0.15, 0.2) is 48.5 Å². The van der Waals surface area contributed by atoms with Crippen molar-refractivity contribution in [2.45, 2.75) is 32.1 Å². The fourth-order valence-corrected chi connectivity index (χ4v) is 5.53. The lowest BCUT2D eigenvalue weighted by molar-refractivity contribution is -0.137. The van der Waals surface area contributed by atoms with Gasteiger partial charge in [-0.1, -0.05) is 18.2 Å². The van der Waals surface area contributed by atoms with Gasteiger partial charge in [-0.25, -0.2) is 4.39 Å². The first-order valence-corrected chi connectivity index (χ1v) is 12.2. The molecule has 0 atom stereocenters. The van der Waals surface area contributed by atoms with Crippen LogP contribution in [0.25, 0.3) is 0 Å². The predicted octanol–water partition coefficient (Wildman–Crippen LogP) is 3.51. The number of carbonyl (C=O) groups is 3. The molecule has 5 rings (SSSR count). The number of rotatable bonds is 4. The molecular weight excluding hydrogens is 433 g/mol. The SMILES string of the molecule is O=C(C1CCC(CN2C(=O)Cc3ccccc3C2=O)CC1)N1CCN(c2ccc(F)cc2)CC1. The molecule has 2 fully saturated rings. The number of nitrogens with zero attached hydrogens (tertiary/aromatic N) is 3. The molecule has 3 aliphatic rings. The number of hydrogen-bond acceptors (Lipinski definition) is 4. The van der Waals surface area contributed by atoms with Gasteiger partial charge in [0.1, 0.15) is 5.82 Å². The Bertz CT molecular complexity index is 1070. The normalized spacial score (nSPS) is 23.1. The minimum Gasteiger partial charge on any atom is -0.368 e. The molecule has 6 nitrogen and oxygen atoms in total. The molecule has 0 unspecified atom stereocenters. The highest BCUT2D eigenvalue weighted by Crippen LogP contribution is 2.32. The highest BCUT2D eigenvalue weighted by Gasteiger charge is 2.35. The Kier molecular flexibility index (Phi) is 6.35. The third kappa shape index (κ3) is 4.56. The first-order chi connectivity index (χ1) is 16.5. The molecule has 0 spiro atoms. The van der Waals surface area contributed by atoms with Crippen molar-refractivity contribution in [1.82, 2.24) is 9.80 Å². The lowest BCUT2D eigenvalue weighted by Crippen LogP contribution is -2.51. The molecule has 7 heteroatoms. The van der Waals surface area contributed by atoms with Crippen molar-refractivity contribution < 1.29 is 18.8 Å². The number of halogens is 1. The van der Waals surface area contributed by atoms with Gasteiger partial charge in [-0.15, -0.1) is 0 Å². The van der Waals surface area contributed by atoms with Gasteiger partial charge in [0.2, 0.25) is 11.8 Å². The van der Waals surface area contributed by atoms with Crippen LogP contribution >= 0.6 is 0 Å². The van der Waals surface area contributed by atoms with Crippen molar-refractivity contribution in [3.8, 4) is 0 Å². The summed E-state index contributed by atoms with van der Waals surface area (Å²) in [6, 6.07) is 13.8. The molecule has 2 heterocycles. The highest BCUT2D eigenvalue weighted by atomic mass is 19.1. The van der Waals surface area contributed by atoms with Crippen LogP contribution in [0.1, 0.15) is 41.6 Å². The molecule has 3 amide bonds. The van der Waals surface area contributed by atoms with E-state index in [-0.39, 0.29) is 41.8 Å². The zero-order valence-electron chi connectivity index (χ0n) is 19.3. The molecule has 2 aromatic carbocycles. The van der Waals surface area contributed by atoms with Crippen molar-refractivity contribution in [3.63, 3.8) is 0 Å². The number of amides is 3. The van der Waals surface area contributed by atoms with E-state index in [2.05, 4.69) is 4.90 Å². The Balaban J connectivity index is 1.11. The smallest absolute Gasteiger partial charge is 0.260 e. The number of fused-ring (bicyclic) bond motifs is 1. The van der Waals surface area contributed by atoms with Gasteiger partial charge in [-0.3, -0.25) is 19.3 Å². The fourth-order valence-electron chi connectivity index (χ4n) is 5.53. The van der Waals surface area contributed by atoms with Crippen LogP contribution in [0.4, 0.5) is 10.1 Å². The van der Waals surface area contributed by atoms with Crippen molar-refractivity contribution in [3.05, 3.63) is 65.5 Å². The third-order valence-electron chi connectivity index (χ3n) is 7.56. The van der Waals surface area contributed by atoms with Gasteiger partial charge in [0.05, 0.1) is 6.42 Å². The molecular formula is C27H30FN3O3. The van der Waals surface area contributed by atoms with Crippen LogP contribution in [-0.2, 0) is 16.0 Å². The maximum Gasteiger partial charge on any atom is 0.260 e. The number of piperazine rings is 1. The van der Waals surface area contributed by atoms with Crippen LogP contribution in [0.5, 0.6) is 0 Å². The zero-order chi connectivity index (χ0) is 23.7. The Morgan fingerprint density at radius 2 is 1.56 bits per heavy atom. The number of anilines is 1. The summed E-state index contributed by atoms with van der Waals surface area (Å²) >= 11 is 0. The summed E-state index contributed by atoms with van der Waals surface area (Å²) in [6.45, 7) is 3.28. The van der Waals surface area contributed by atoms with E-state index in [9.17, 15) is 18.8 Å². The van der Waals surface area contributed by atoms with E-state index in [4.69, 9.17) is 0 Å². The molecule has 0 N–H and O–H groups in total. The van der Waals surface area contributed by atoms with E-state index in [0.717, 1.165) is 50.0 Å². The molecule has 1 saturated carbocycles. The van der Waals surface area contributed by atoms with Gasteiger partial charge in [0.25, 0.3) is 5.91 Å². The Hall–Kier alpha value is -3.22. The average Bonchev–Trinajstić information content (AvgIpc) is 2.87. The first-order valence-electron chi connectivity index (χ1n) is 12.2. The summed E-state index contributed by atoms with van der Waals surface area (Å²) in [5.41, 5.74) is 2.42. The van der Waals surface area contributed by atoms with Crippen LogP contribution in [0, 0.1) is 17.7 Å². The second-order valence-corrected chi connectivity index (χ2v) is 9.65. The Morgan fingerprint density at radius 3 is 2.26 bits per heavy atom. The quantitative estimate of drug-likeness (QED) is 0.652. The Morgan fingerprint density at radius 1 is 0.882 bits per heavy atom. The van der Waals surface area contributed by atoms with E-state index >= 15 is 0 Å². The second-order valence-electron chi connectivity index (χ2n) is 9.65. The number of carbonyl (C=O) groups excluding carboxylic acids is 3. The lowest BCUT2D eigenvalue weighted by Gasteiger charge is -2.39. The number of hydrogen-bond donors (Lipinski definition) is 0. The van der Waals surface area contributed by atoms with Gasteiger partial charge in [0, 0.05) is 49.9 Å². The molecule has 0 bridgehead atoms. The summed E-state index contributed by atoms with van der Waals surface area (Å²) < 4.78 is 13.2. The van der Waals surface area contributed by atoms with Crippen LogP contribution in [0.2, 0.25) is 0 Å². The third-order valence-corrected chi connectivity index (χ3v) is 7.56. The van der Waals surface area contributed by atoms with E-state index in [1.54, 1.807) is 18.2 Å². The number of benzene rings is 2. The van der Waals surface area contributed by atoms with Gasteiger partial charge in [-0.2, -0.15) is 0 Å². The monoisotopic (exact) mass is 463 g/mol. The minimum atomic E-state index is -0.244. The van der Waals surface area contributed by atoms with Gasteiger partial charge < -0.3 is 9.80 Å². The van der Waals surface area contributed by atoms with Crippen LogP contribution in [0.3, 0.4) is 0 Å². The molecule has 1 aliphatic carbocycles. The Labute approximate surface area is 199 Å². The maximum atomic E-state index is 13.2. The highest BCUT2D eigenvalue weighted by molar-refractivity contribution is 6.09. The second kappa shape index (κ2) is 9.57. The summed E-state index contributed by atoms with van der Waals surface area (Å²) in [6.07, 6.45) is 3.58. The molecule has 2 aliphatic heterocycles. The predicted molar refractivity (Wildman–Crippen MR) is 127 cm³/mol. The molecule has 0 aromatic heterocycles. The average molecular weight is 464 g/mol. The van der Waals surface area contributed by atoms with E-state index < -0.39 is 0 Å². The molecule has 1 saturated heterocycles. The topological polar surface area (TPSA) is 60.9 Å². The standard InChI is InChI=1S/C27H30FN3O3/c28-22-9-11-23(12-10-22)29-13-15-30(16-14-29)26(33)20-7-5-19(6-8-20)18-31-25(32)17-21-3-1-2-4-24(21)27(31)34/h1-4,9-12,19-20H,5-8,13-18H2. The van der Waals surface area contributed by atoms with E-state index in [1.165, 1.54) is 17.0 Å². The van der Waals surface area contributed by atoms with Crippen LogP contribution < -0.4 is 4.90 Å². The van der Waals surface area contributed by atoms with Crippen molar-refractivity contribution in [2.24, 2.45) is 11.8 Å². The van der Waals surface area contributed by atoms with Crippen LogP contribution in [-0.4, -0.2) is 60.2 Å². The van der Waals surface area contributed by atoms with Gasteiger partial charge >= 0.3 is 0 Å². The summed E-state index contributed by atoms with van der Waals surface area (Å²) in [4.78, 5) is 44.1. The molecule has 2 aromatic rings. The van der Waals surface area contributed by atoms with E-state index in [1.807, 2.05) is 23.1 Å². The molecule has 0 radical (unpaired) electrons. The van der Waals surface area contributed by atoms with Gasteiger partial charge in [0.15, 0.2) is 0 Å². The van der Waals surface area contributed by atoms with E-state index in [0.29, 0.717) is 25.2 Å². The summed E-state index contributed by atoms with van der Waals surface area (Å²) in [7, 11) is 0. The maximum absolute atomic E-state index is 13.2. The fraction of sp³-hybridized carbons (Fsp3) is 0.444. The van der Waals surface area contributed by atoms with Gasteiger partial charge in [-0.05, 0) is 67.5 Å². The lowest BCUT2D eigenvalue weighted by atomic mass is 9.80. The van der Waals surface area contributed by atoms with Crippen molar-refractivity contribution in [1.29, 1.82) is 0 Å². The minimum absolute atomic E-state index is 0.0158. The first kappa shape index (κ1) is 22.6.